The number of hydrogen-bond acceptors (Lipinski definition) is 8. The van der Waals surface area contributed by atoms with E-state index in [-0.39, 0.29) is 0 Å². The predicted molar refractivity (Wildman–Crippen MR) is 145 cm³/mol. The van der Waals surface area contributed by atoms with Gasteiger partial charge in [0.1, 0.15) is 0 Å². The Labute approximate surface area is 232 Å². The minimum atomic E-state index is -2.74. The van der Waals surface area contributed by atoms with Crippen LogP contribution in [0.2, 0.25) is 0 Å². The Morgan fingerprint density at radius 2 is 1.70 bits per heavy atom. The van der Waals surface area contributed by atoms with Crippen molar-refractivity contribution in [1.29, 1.82) is 0 Å². The summed E-state index contributed by atoms with van der Waals surface area (Å²) in [6.45, 7) is 7.68. The first kappa shape index (κ1) is 32.1. The predicted octanol–water partition coefficient (Wildman–Crippen LogP) is 2.67. The number of aryl methyl sites for hydroxylation is 2. The number of carbonyl (C=O) groups is 3. The molecule has 0 amide bonds. The maximum absolute atomic E-state index is 10.3. The van der Waals surface area contributed by atoms with Gasteiger partial charge in [-0.15, -0.1) is 0 Å². The first-order chi connectivity index (χ1) is 18.9. The zero-order chi connectivity index (χ0) is 29.7. The van der Waals surface area contributed by atoms with Crippen LogP contribution in [-0.4, -0.2) is 83.9 Å². The van der Waals surface area contributed by atoms with Crippen molar-refractivity contribution in [2.24, 2.45) is 0 Å². The van der Waals surface area contributed by atoms with Gasteiger partial charge in [0.25, 0.3) is 0 Å². The summed E-state index contributed by atoms with van der Waals surface area (Å²) in [6.07, 6.45) is 4.39. The van der Waals surface area contributed by atoms with Gasteiger partial charge in [-0.25, -0.2) is 9.48 Å². The molecule has 0 aliphatic rings. The van der Waals surface area contributed by atoms with E-state index in [2.05, 4.69) is 47.0 Å². The first-order valence-corrected chi connectivity index (χ1v) is 12.6. The normalized spacial score (nSPS) is 11.1. The molecule has 0 fully saturated rings. The number of rotatable bonds is 14. The smallest absolute Gasteiger partial charge is 0.336 e. The van der Waals surface area contributed by atoms with Crippen LogP contribution in [0, 0.1) is 13.8 Å². The largest absolute Gasteiger partial charge is 0.481 e. The van der Waals surface area contributed by atoms with E-state index in [1.807, 2.05) is 41.5 Å². The van der Waals surface area contributed by atoms with Crippen molar-refractivity contribution >= 4 is 17.9 Å². The standard InChI is InChI=1S/C22H28N4O.C6H8O7/c1-18-14-19(2)22(26-12-6-10-24-26)20(15-18)16-25(11-7-13-27-3)17-21-8-4-5-9-23-21;7-3(8)1-6(13,5(11)12)2-4(9)10/h4-6,8-10,12,14-15H,7,11,13,16-17H2,1-3H3;13H,1-2H2,(H,7,8)(H,9,10)(H,11,12). The Kier molecular flexibility index (Phi) is 12.4. The van der Waals surface area contributed by atoms with E-state index in [0.717, 1.165) is 38.4 Å². The Bertz CT molecular complexity index is 1230. The molecule has 0 aliphatic carbocycles. The number of aliphatic hydroxyl groups is 1. The summed E-state index contributed by atoms with van der Waals surface area (Å²) in [6, 6.07) is 12.5. The van der Waals surface area contributed by atoms with Crippen LogP contribution in [0.4, 0.5) is 0 Å². The maximum atomic E-state index is 10.3. The third-order valence-electron chi connectivity index (χ3n) is 5.87. The highest BCUT2D eigenvalue weighted by molar-refractivity contribution is 5.88. The van der Waals surface area contributed by atoms with Gasteiger partial charge in [-0.2, -0.15) is 5.10 Å². The summed E-state index contributed by atoms with van der Waals surface area (Å²) in [7, 11) is 1.75. The quantitative estimate of drug-likeness (QED) is 0.215. The van der Waals surface area contributed by atoms with E-state index in [1.54, 1.807) is 7.11 Å². The van der Waals surface area contributed by atoms with Crippen LogP contribution in [0.3, 0.4) is 0 Å². The summed E-state index contributed by atoms with van der Waals surface area (Å²) in [5.41, 5.74) is 3.31. The molecule has 0 aliphatic heterocycles. The molecule has 0 saturated carbocycles. The van der Waals surface area contributed by atoms with Gasteiger partial charge in [-0.05, 0) is 49.6 Å². The highest BCUT2D eigenvalue weighted by Gasteiger charge is 2.40. The number of nitrogens with zero attached hydrogens (tertiary/aromatic N) is 4. The van der Waals surface area contributed by atoms with Crippen molar-refractivity contribution in [3.8, 4) is 5.69 Å². The van der Waals surface area contributed by atoms with Crippen molar-refractivity contribution in [2.45, 2.75) is 51.8 Å². The van der Waals surface area contributed by atoms with Gasteiger partial charge in [0, 0.05) is 51.9 Å². The summed E-state index contributed by atoms with van der Waals surface area (Å²) in [4.78, 5) is 37.4. The number of methoxy groups -OCH3 is 1. The van der Waals surface area contributed by atoms with Crippen LogP contribution in [-0.2, 0) is 32.2 Å². The lowest BCUT2D eigenvalue weighted by atomic mass is 9.96. The molecule has 0 spiro atoms. The lowest BCUT2D eigenvalue weighted by molar-refractivity contribution is -0.170. The molecule has 3 aromatic rings. The first-order valence-electron chi connectivity index (χ1n) is 12.6. The number of pyridine rings is 1. The fourth-order valence-electron chi connectivity index (χ4n) is 4.22. The molecule has 0 unspecified atom stereocenters. The molecule has 2 heterocycles. The highest BCUT2D eigenvalue weighted by Crippen LogP contribution is 2.23. The van der Waals surface area contributed by atoms with Crippen LogP contribution in [0.15, 0.2) is 55.0 Å². The van der Waals surface area contributed by atoms with Gasteiger partial charge in [-0.3, -0.25) is 19.5 Å². The number of hydrogen-bond donors (Lipinski definition) is 4. The summed E-state index contributed by atoms with van der Waals surface area (Å²) < 4.78 is 7.23. The zero-order valence-corrected chi connectivity index (χ0v) is 22.9. The van der Waals surface area contributed by atoms with E-state index in [4.69, 9.17) is 25.2 Å². The maximum Gasteiger partial charge on any atom is 0.336 e. The minimum Gasteiger partial charge on any atom is -0.481 e. The van der Waals surface area contributed by atoms with Crippen LogP contribution >= 0.6 is 0 Å². The molecule has 0 atom stereocenters. The van der Waals surface area contributed by atoms with Gasteiger partial charge in [-0.1, -0.05) is 23.8 Å². The molecule has 12 nitrogen and oxygen atoms in total. The number of carboxylic acids is 3. The van der Waals surface area contributed by atoms with Crippen LogP contribution < -0.4 is 0 Å². The number of ether oxygens (including phenoxy) is 1. The number of aliphatic carboxylic acids is 3. The highest BCUT2D eigenvalue weighted by atomic mass is 16.5. The fourth-order valence-corrected chi connectivity index (χ4v) is 4.22. The minimum absolute atomic E-state index is 0.761. The van der Waals surface area contributed by atoms with E-state index in [1.165, 1.54) is 22.4 Å². The van der Waals surface area contributed by atoms with Crippen LogP contribution in [0.1, 0.15) is 41.6 Å². The van der Waals surface area contributed by atoms with Crippen molar-refractivity contribution in [3.05, 3.63) is 77.4 Å². The Morgan fingerprint density at radius 3 is 2.23 bits per heavy atom. The second kappa shape index (κ2) is 15.5. The van der Waals surface area contributed by atoms with Gasteiger partial charge >= 0.3 is 17.9 Å². The molecular formula is C28H36N4O8. The number of aromatic nitrogens is 3. The Balaban J connectivity index is 0.000000366. The lowest BCUT2D eigenvalue weighted by Gasteiger charge is -2.24. The topological polar surface area (TPSA) is 175 Å². The molecule has 3 rings (SSSR count). The SMILES string of the molecule is COCCCN(Cc1ccccn1)Cc1cc(C)cc(C)c1-n1cccn1.O=C(O)CC(O)(CC(=O)O)C(=O)O. The Morgan fingerprint density at radius 1 is 1.00 bits per heavy atom. The van der Waals surface area contributed by atoms with Crippen molar-refractivity contribution in [3.63, 3.8) is 0 Å². The second-order valence-corrected chi connectivity index (χ2v) is 9.40. The molecule has 1 aromatic carbocycles. The molecule has 4 N–H and O–H groups in total. The van der Waals surface area contributed by atoms with Crippen molar-refractivity contribution in [2.75, 3.05) is 20.3 Å². The lowest BCUT2D eigenvalue weighted by Crippen LogP contribution is -2.42. The van der Waals surface area contributed by atoms with E-state index in [9.17, 15) is 14.4 Å². The molecule has 0 radical (unpaired) electrons. The second-order valence-electron chi connectivity index (χ2n) is 9.40. The molecular weight excluding hydrogens is 520 g/mol. The van der Waals surface area contributed by atoms with Gasteiger partial charge < -0.3 is 25.2 Å². The van der Waals surface area contributed by atoms with Gasteiger partial charge in [0.05, 0.1) is 24.2 Å². The molecule has 2 aromatic heterocycles. The third-order valence-corrected chi connectivity index (χ3v) is 5.87. The summed E-state index contributed by atoms with van der Waals surface area (Å²) in [5, 5.41) is 38.3. The number of carboxylic acid groups (broad SMARTS) is 3. The van der Waals surface area contributed by atoms with E-state index < -0.39 is 36.4 Å². The van der Waals surface area contributed by atoms with E-state index in [0.29, 0.717) is 0 Å². The Hall–Kier alpha value is -4.13. The summed E-state index contributed by atoms with van der Waals surface area (Å²) >= 11 is 0. The van der Waals surface area contributed by atoms with Crippen molar-refractivity contribution in [1.82, 2.24) is 19.7 Å². The molecule has 216 valence electrons. The monoisotopic (exact) mass is 556 g/mol. The van der Waals surface area contributed by atoms with E-state index >= 15 is 0 Å². The fraction of sp³-hybridized carbons (Fsp3) is 0.393. The average Bonchev–Trinajstić information content (AvgIpc) is 3.38. The number of benzene rings is 1. The van der Waals surface area contributed by atoms with Gasteiger partial charge in [0.15, 0.2) is 5.60 Å². The van der Waals surface area contributed by atoms with Crippen molar-refractivity contribution < 1.29 is 39.5 Å². The molecule has 12 heteroatoms. The molecule has 0 bridgehead atoms. The molecule has 0 saturated heterocycles. The summed E-state index contributed by atoms with van der Waals surface area (Å²) in [5.74, 6) is -5.02. The van der Waals surface area contributed by atoms with Crippen LogP contribution in [0.5, 0.6) is 0 Å². The van der Waals surface area contributed by atoms with Gasteiger partial charge in [0.2, 0.25) is 0 Å². The average molecular weight is 557 g/mol. The third kappa shape index (κ3) is 10.2. The molecule has 40 heavy (non-hydrogen) atoms. The van der Waals surface area contributed by atoms with Crippen LogP contribution in [0.25, 0.3) is 5.69 Å². The zero-order valence-electron chi connectivity index (χ0n) is 22.9.